The van der Waals surface area contributed by atoms with Gasteiger partial charge >= 0.3 is 6.18 Å². The minimum Gasteiger partial charge on any atom is -0.341 e. The number of amides is 1. The summed E-state index contributed by atoms with van der Waals surface area (Å²) in [5.41, 5.74) is 0.242. The van der Waals surface area contributed by atoms with Crippen molar-refractivity contribution in [2.75, 3.05) is 13.1 Å². The van der Waals surface area contributed by atoms with E-state index in [-0.39, 0.29) is 29.0 Å². The number of piperidine rings is 1. The van der Waals surface area contributed by atoms with Crippen LogP contribution in [0.3, 0.4) is 0 Å². The Morgan fingerprint density at radius 1 is 1.06 bits per heavy atom. The second-order valence-electron chi connectivity index (χ2n) is 10.3. The first-order chi connectivity index (χ1) is 16.4. The van der Waals surface area contributed by atoms with Crippen LogP contribution in [0.2, 0.25) is 0 Å². The summed E-state index contributed by atoms with van der Waals surface area (Å²) < 4.78 is 58.2. The van der Waals surface area contributed by atoms with Crippen molar-refractivity contribution in [3.8, 4) is 11.4 Å². The predicted octanol–water partition coefficient (Wildman–Crippen LogP) is 6.43. The number of benzene rings is 2. The number of likely N-dealkylation sites (tertiary alicyclic amines) is 1. The summed E-state index contributed by atoms with van der Waals surface area (Å²) in [6.07, 6.45) is -3.56. The van der Waals surface area contributed by atoms with Gasteiger partial charge in [0.15, 0.2) is 0 Å². The summed E-state index contributed by atoms with van der Waals surface area (Å²) in [5, 5.41) is 3.99. The molecule has 186 valence electrons. The Bertz CT molecular complexity index is 1180. The molecule has 0 spiro atoms. The lowest BCUT2D eigenvalue weighted by atomic mass is 9.83. The van der Waals surface area contributed by atoms with Crippen molar-refractivity contribution in [2.24, 2.45) is 5.41 Å². The van der Waals surface area contributed by atoms with E-state index in [1.165, 1.54) is 24.3 Å². The minimum atomic E-state index is -4.42. The molecule has 2 heterocycles. The highest BCUT2D eigenvalue weighted by molar-refractivity contribution is 5.77. The number of alkyl halides is 3. The Hall–Kier alpha value is -3.23. The number of aromatic nitrogens is 2. The van der Waals surface area contributed by atoms with E-state index in [0.717, 1.165) is 12.1 Å². The van der Waals surface area contributed by atoms with Crippen LogP contribution in [-0.2, 0) is 11.0 Å². The van der Waals surface area contributed by atoms with Gasteiger partial charge in [-0.05, 0) is 41.7 Å². The highest BCUT2D eigenvalue weighted by Gasteiger charge is 2.36. The van der Waals surface area contributed by atoms with Crippen molar-refractivity contribution in [1.82, 2.24) is 15.0 Å². The summed E-state index contributed by atoms with van der Waals surface area (Å²) in [6.45, 7) is 6.67. The fourth-order valence-corrected chi connectivity index (χ4v) is 4.38. The molecule has 0 aliphatic carbocycles. The van der Waals surface area contributed by atoms with Gasteiger partial charge in [-0.25, -0.2) is 4.39 Å². The molecule has 1 aliphatic heterocycles. The molecular formula is C26H27F4N3O2. The van der Waals surface area contributed by atoms with Gasteiger partial charge < -0.3 is 9.42 Å². The van der Waals surface area contributed by atoms with Gasteiger partial charge in [0.05, 0.1) is 11.5 Å². The zero-order valence-electron chi connectivity index (χ0n) is 19.8. The molecule has 0 radical (unpaired) electrons. The van der Waals surface area contributed by atoms with E-state index >= 15 is 0 Å². The molecule has 5 nitrogen and oxygen atoms in total. The lowest BCUT2D eigenvalue weighted by Crippen LogP contribution is -2.43. The third-order valence-electron chi connectivity index (χ3n) is 6.07. The molecule has 2 unspecified atom stereocenters. The van der Waals surface area contributed by atoms with Gasteiger partial charge in [0.2, 0.25) is 17.6 Å². The zero-order valence-corrected chi connectivity index (χ0v) is 19.8. The Morgan fingerprint density at radius 2 is 1.74 bits per heavy atom. The number of halogens is 4. The van der Waals surface area contributed by atoms with Crippen LogP contribution in [0, 0.1) is 11.2 Å². The average Bonchev–Trinajstić information content (AvgIpc) is 3.28. The van der Waals surface area contributed by atoms with Crippen LogP contribution in [0.15, 0.2) is 53.1 Å². The Kier molecular flexibility index (Phi) is 6.71. The van der Waals surface area contributed by atoms with Crippen LogP contribution in [0.1, 0.15) is 62.5 Å². The monoisotopic (exact) mass is 489 g/mol. The maximum absolute atomic E-state index is 13.6. The first-order valence-electron chi connectivity index (χ1n) is 11.4. The second kappa shape index (κ2) is 9.43. The number of hydrogen-bond acceptors (Lipinski definition) is 4. The van der Waals surface area contributed by atoms with Gasteiger partial charge in [-0.2, -0.15) is 18.2 Å². The molecular weight excluding hydrogens is 462 g/mol. The molecule has 1 aliphatic rings. The molecule has 1 amide bonds. The van der Waals surface area contributed by atoms with E-state index in [9.17, 15) is 22.4 Å². The van der Waals surface area contributed by atoms with E-state index in [2.05, 4.69) is 10.1 Å². The second-order valence-corrected chi connectivity index (χ2v) is 10.3. The van der Waals surface area contributed by atoms with Crippen molar-refractivity contribution in [1.29, 1.82) is 0 Å². The Balaban J connectivity index is 1.62. The van der Waals surface area contributed by atoms with Gasteiger partial charge in [-0.15, -0.1) is 0 Å². The Morgan fingerprint density at radius 3 is 2.37 bits per heavy atom. The first-order valence-corrected chi connectivity index (χ1v) is 11.4. The normalized spacial score (nSPS) is 19.1. The predicted molar refractivity (Wildman–Crippen MR) is 122 cm³/mol. The van der Waals surface area contributed by atoms with Crippen molar-refractivity contribution in [2.45, 2.75) is 51.6 Å². The van der Waals surface area contributed by atoms with E-state index in [1.807, 2.05) is 20.8 Å². The molecule has 3 aromatic rings. The number of hydrogen-bond donors (Lipinski definition) is 0. The molecule has 0 bridgehead atoms. The van der Waals surface area contributed by atoms with Crippen LogP contribution in [0.4, 0.5) is 17.6 Å². The fraction of sp³-hybridized carbons (Fsp3) is 0.423. The quantitative estimate of drug-likeness (QED) is 0.396. The third kappa shape index (κ3) is 6.07. The molecule has 4 rings (SSSR count). The van der Waals surface area contributed by atoms with Crippen LogP contribution < -0.4 is 0 Å². The van der Waals surface area contributed by atoms with E-state index < -0.39 is 17.6 Å². The van der Waals surface area contributed by atoms with Crippen LogP contribution in [0.5, 0.6) is 0 Å². The highest BCUT2D eigenvalue weighted by Crippen LogP contribution is 2.38. The molecule has 0 saturated carbocycles. The van der Waals surface area contributed by atoms with E-state index in [0.29, 0.717) is 42.9 Å². The molecule has 0 N–H and O–H groups in total. The summed E-state index contributed by atoms with van der Waals surface area (Å²) in [7, 11) is 0. The standard InChI is InChI=1S/C26H27F4N3O2/c1-25(2,3)13-22(34)33-14-18(16-7-9-20(10-8-16)26(28,29)30)11-19(15-33)24-31-23(32-35-24)17-5-4-6-21(27)12-17/h4-10,12,18-19H,11,13-15H2,1-3H3. The average molecular weight is 490 g/mol. The van der Waals surface area contributed by atoms with Crippen LogP contribution in [0.25, 0.3) is 11.4 Å². The lowest BCUT2D eigenvalue weighted by molar-refractivity contribution is -0.137. The molecule has 35 heavy (non-hydrogen) atoms. The first kappa shape index (κ1) is 24.9. The van der Waals surface area contributed by atoms with E-state index in [4.69, 9.17) is 4.52 Å². The minimum absolute atomic E-state index is 0.0380. The number of carbonyl (C=O) groups is 1. The summed E-state index contributed by atoms with van der Waals surface area (Å²) in [6, 6.07) is 10.9. The summed E-state index contributed by atoms with van der Waals surface area (Å²) >= 11 is 0. The fourth-order valence-electron chi connectivity index (χ4n) is 4.38. The molecule has 1 fully saturated rings. The molecule has 1 aromatic heterocycles. The topological polar surface area (TPSA) is 59.2 Å². The van der Waals surface area contributed by atoms with Gasteiger partial charge in [0.1, 0.15) is 5.82 Å². The zero-order chi connectivity index (χ0) is 25.4. The number of rotatable bonds is 4. The number of nitrogens with zero attached hydrogens (tertiary/aromatic N) is 3. The summed E-state index contributed by atoms with van der Waals surface area (Å²) in [5.74, 6) is -0.422. The molecule has 2 aromatic carbocycles. The maximum Gasteiger partial charge on any atom is 0.416 e. The summed E-state index contributed by atoms with van der Waals surface area (Å²) in [4.78, 5) is 19.3. The van der Waals surface area contributed by atoms with Crippen LogP contribution >= 0.6 is 0 Å². The number of carbonyl (C=O) groups excluding carboxylic acids is 1. The lowest BCUT2D eigenvalue weighted by Gasteiger charge is -2.38. The van der Waals surface area contributed by atoms with Crippen molar-refractivity contribution >= 4 is 5.91 Å². The SMILES string of the molecule is CC(C)(C)CC(=O)N1CC(c2ccc(C(F)(F)F)cc2)CC(c2nc(-c3cccc(F)c3)no2)C1. The molecule has 9 heteroatoms. The molecule has 1 saturated heterocycles. The van der Waals surface area contributed by atoms with Gasteiger partial charge in [0.25, 0.3) is 0 Å². The highest BCUT2D eigenvalue weighted by atomic mass is 19.4. The smallest absolute Gasteiger partial charge is 0.341 e. The van der Waals surface area contributed by atoms with Crippen LogP contribution in [-0.4, -0.2) is 34.0 Å². The Labute approximate surface area is 201 Å². The van der Waals surface area contributed by atoms with Crippen molar-refractivity contribution < 1.29 is 26.9 Å². The van der Waals surface area contributed by atoms with Gasteiger partial charge in [0, 0.05) is 31.0 Å². The van der Waals surface area contributed by atoms with Gasteiger partial charge in [-0.3, -0.25) is 4.79 Å². The van der Waals surface area contributed by atoms with Crippen molar-refractivity contribution in [3.05, 3.63) is 71.4 Å². The van der Waals surface area contributed by atoms with Gasteiger partial charge in [-0.1, -0.05) is 50.2 Å². The van der Waals surface area contributed by atoms with Crippen molar-refractivity contribution in [3.63, 3.8) is 0 Å². The molecule has 2 atom stereocenters. The maximum atomic E-state index is 13.6. The third-order valence-corrected chi connectivity index (χ3v) is 6.07. The van der Waals surface area contributed by atoms with E-state index in [1.54, 1.807) is 17.0 Å². The largest absolute Gasteiger partial charge is 0.416 e.